The van der Waals surface area contributed by atoms with E-state index in [1.165, 1.54) is 54.9 Å². The minimum absolute atomic E-state index is 0. The number of rotatable bonds is 5. The van der Waals surface area contributed by atoms with Crippen molar-refractivity contribution < 1.29 is 71.1 Å². The van der Waals surface area contributed by atoms with Crippen molar-refractivity contribution in [2.45, 2.75) is 159 Å². The number of aliphatic imine (C=N–C) groups is 4. The molecule has 4 N–H and O–H groups in total. The number of quaternary nitrogens is 4. The van der Waals surface area contributed by atoms with Crippen LogP contribution in [0.2, 0.25) is 0 Å². The normalized spacial score (nSPS) is 15.4. The van der Waals surface area contributed by atoms with Crippen molar-refractivity contribution in [2.24, 2.45) is 30.8 Å². The molecule has 0 aliphatic carbocycles. The molecule has 5 atom stereocenters. The summed E-state index contributed by atoms with van der Waals surface area (Å²) in [5.74, 6) is -0.176. The first-order valence-corrected chi connectivity index (χ1v) is 27.4. The van der Waals surface area contributed by atoms with E-state index < -0.39 is 10.6 Å². The fraction of sp³-hybridized carbons (Fsp3) is 0.508. The number of benzene rings is 4. The topological polar surface area (TPSA) is 166 Å². The van der Waals surface area contributed by atoms with Crippen LogP contribution in [0.15, 0.2) is 117 Å². The number of hydrogen-bond acceptors (Lipinski definition) is 10. The van der Waals surface area contributed by atoms with Crippen molar-refractivity contribution in [2.75, 3.05) is 28.2 Å². The van der Waals surface area contributed by atoms with Gasteiger partial charge in [0.05, 0.1) is 79.0 Å². The van der Waals surface area contributed by atoms with Crippen molar-refractivity contribution in [1.82, 2.24) is 0 Å². The standard InChI is InChI=1S/C12H16N2.C11H16FN.C11H16N2O2.C11H16N.C7H12N2S.C7H12N2.Na.O3S/c1-12(2,3)14(5)11-8-6-10(13-4)7-9-11;1-11(2,3)13(4)10-7-5-9(12)6-8-10;1-11(2,3)12(4)9-5-7-10(8-6-9)13(14)15;1-11(2,3)12(4)10-8-6-5-7-9-10;1-7(2,3)6-8-4-10-5-9-6;1-7(2,3)6-4-8-5-9-6;;1-4(2)3/h6-9H,1-3,5H3;5-8H,1-4H3;5-8H,1-4H3;6-9H,1-4H3;4-6H,1-3H3;4-6H,1-3H3;;/q;;;-1;;;+1;/p+4. The molecule has 4 aromatic rings. The van der Waals surface area contributed by atoms with E-state index in [0.29, 0.717) is 5.69 Å². The van der Waals surface area contributed by atoms with Crippen LogP contribution in [0.5, 0.6) is 0 Å². The van der Waals surface area contributed by atoms with Gasteiger partial charge < -0.3 is 19.6 Å². The van der Waals surface area contributed by atoms with Gasteiger partial charge in [-0.05, 0) is 113 Å². The number of nitrogens with zero attached hydrogens (tertiary/aromatic N) is 6. The molecule has 0 radical (unpaired) electrons. The van der Waals surface area contributed by atoms with Crippen molar-refractivity contribution in [3.05, 3.63) is 130 Å². The second-order valence-electron chi connectivity index (χ2n) is 24.7. The van der Waals surface area contributed by atoms with Crippen molar-refractivity contribution in [3.63, 3.8) is 0 Å². The van der Waals surface area contributed by atoms with Gasteiger partial charge in [-0.1, -0.05) is 65.4 Å². The summed E-state index contributed by atoms with van der Waals surface area (Å²) in [7, 11) is 5.37. The Labute approximate surface area is 496 Å². The van der Waals surface area contributed by atoms with E-state index in [4.69, 9.17) is 19.2 Å². The van der Waals surface area contributed by atoms with Gasteiger partial charge in [-0.15, -0.1) is 24.8 Å². The first-order chi connectivity index (χ1) is 35.1. The molecule has 0 amide bonds. The molecular weight excluding hydrogens is 1030 g/mol. The zero-order valence-electron chi connectivity index (χ0n) is 51.1. The molecule has 424 valence electrons. The Hall–Kier alpha value is -4.81. The predicted molar refractivity (Wildman–Crippen MR) is 320 cm³/mol. The van der Waals surface area contributed by atoms with Gasteiger partial charge in [0.2, 0.25) is 0 Å². The van der Waals surface area contributed by atoms with E-state index >= 15 is 0 Å². The number of nitro groups is 1. The monoisotopic (exact) mass is 1130 g/mol. The minimum atomic E-state index is -3.11. The Balaban J connectivity index is 0. The second-order valence-corrected chi connectivity index (χ2v) is 25.8. The van der Waals surface area contributed by atoms with Crippen molar-refractivity contribution in [1.29, 1.82) is 0 Å². The average molecular weight is 1130 g/mol. The Morgan fingerprint density at radius 1 is 0.577 bits per heavy atom. The number of halogens is 1. The first kappa shape index (κ1) is 75.3. The van der Waals surface area contributed by atoms with Crippen molar-refractivity contribution in [3.8, 4) is 0 Å². The van der Waals surface area contributed by atoms with Gasteiger partial charge in [0.1, 0.15) is 35.4 Å². The summed E-state index contributed by atoms with van der Waals surface area (Å²) >= 11 is 1.53. The largest absolute Gasteiger partial charge is 1.00 e. The molecule has 0 bridgehead atoms. The van der Waals surface area contributed by atoms with Gasteiger partial charge in [0.15, 0.2) is 5.69 Å². The zero-order chi connectivity index (χ0) is 59.8. The predicted octanol–water partition coefficient (Wildman–Crippen LogP) is 6.60. The third kappa shape index (κ3) is 31.1. The molecule has 6 rings (SSSR count). The minimum Gasteiger partial charge on any atom is -0.321 e. The fourth-order valence-electron chi connectivity index (χ4n) is 6.10. The van der Waals surface area contributed by atoms with Gasteiger partial charge in [-0.2, -0.15) is 18.2 Å². The van der Waals surface area contributed by atoms with Gasteiger partial charge in [-0.3, -0.25) is 25.1 Å². The molecule has 78 heavy (non-hydrogen) atoms. The maximum Gasteiger partial charge on any atom is 1.00 e. The van der Waals surface area contributed by atoms with Crippen LogP contribution < -0.4 is 49.2 Å². The smallest absolute Gasteiger partial charge is 0.321 e. The van der Waals surface area contributed by atoms with E-state index in [-0.39, 0.29) is 91.2 Å². The van der Waals surface area contributed by atoms with Gasteiger partial charge in [0.25, 0.3) is 5.69 Å². The Kier molecular flexibility index (Phi) is 33.2. The summed E-state index contributed by atoms with van der Waals surface area (Å²) in [5.41, 5.74) is 10.4. The number of nitro benzene ring substituents is 1. The van der Waals surface area contributed by atoms with Crippen LogP contribution >= 0.6 is 11.8 Å². The number of thioether (sulfide) groups is 1. The first-order valence-electron chi connectivity index (χ1n) is 25.5. The molecule has 4 aromatic carbocycles. The summed E-state index contributed by atoms with van der Waals surface area (Å²) in [6.45, 7) is 45.9. The number of non-ortho nitro benzene ring substituents is 1. The maximum atomic E-state index is 12.6. The Morgan fingerprint density at radius 2 is 0.910 bits per heavy atom. The van der Waals surface area contributed by atoms with Gasteiger partial charge in [0, 0.05) is 53.7 Å². The summed E-state index contributed by atoms with van der Waals surface area (Å²) in [4.78, 5) is 35.3. The number of hydrogen-bond donors (Lipinski definition) is 4. The van der Waals surface area contributed by atoms with Gasteiger partial charge in [-0.25, -0.2) is 14.2 Å². The molecule has 2 aliphatic heterocycles. The quantitative estimate of drug-likeness (QED) is 0.0762. The van der Waals surface area contributed by atoms with E-state index in [9.17, 15) is 14.5 Å². The van der Waals surface area contributed by atoms with Crippen molar-refractivity contribution >= 4 is 80.1 Å². The molecular formula is C59H92FN10NaO5S2+4. The average Bonchev–Trinajstić information content (AvgIpc) is 3.91. The zero-order valence-corrected chi connectivity index (χ0v) is 54.8. The molecule has 5 unspecified atom stereocenters. The third-order valence-corrected chi connectivity index (χ3v) is 13.1. The summed E-state index contributed by atoms with van der Waals surface area (Å²) in [5, 5.41) is 10.5. The van der Waals surface area contributed by atoms with Crippen LogP contribution in [0.25, 0.3) is 4.85 Å². The van der Waals surface area contributed by atoms with Crippen LogP contribution in [-0.2, 0) is 10.6 Å². The van der Waals surface area contributed by atoms with Crippen LogP contribution in [0.1, 0.15) is 125 Å². The van der Waals surface area contributed by atoms with Crippen LogP contribution in [-0.4, -0.2) is 104 Å². The third-order valence-electron chi connectivity index (χ3n) is 12.6. The Bertz CT molecular complexity index is 2610. The fourth-order valence-corrected chi connectivity index (χ4v) is 6.53. The molecule has 0 saturated carbocycles. The van der Waals surface area contributed by atoms with Gasteiger partial charge >= 0.3 is 40.2 Å². The molecule has 0 aromatic heterocycles. The summed E-state index contributed by atoms with van der Waals surface area (Å²) < 4.78 is 38.0. The van der Waals surface area contributed by atoms with E-state index in [1.54, 1.807) is 30.6 Å². The molecule has 2 aliphatic rings. The second kappa shape index (κ2) is 34.4. The van der Waals surface area contributed by atoms with Crippen LogP contribution in [0.4, 0.5) is 38.5 Å². The molecule has 2 heterocycles. The maximum absolute atomic E-state index is 12.6. The van der Waals surface area contributed by atoms with E-state index in [0.717, 1.165) is 11.4 Å². The SMILES string of the molecule is CC(C)(C)C1C=NC=N1.CC(C)(C)C1N=CSC=N1.C[NH+](c1cc[c-]cc1)C(C)(C)C.C[NH+](c1ccc(F)cc1)C(C)(C)C.C[NH+](c1ccc([N+](=O)[O-])cc1)C(C)(C)C.O=S(=O)=O.[C-]#[N+]c1ccc([NH+](C)C(C)(C)C)cc1.[Na+]. The van der Waals surface area contributed by atoms with Crippen LogP contribution in [0, 0.1) is 39.4 Å². The Morgan fingerprint density at radius 3 is 1.17 bits per heavy atom. The molecule has 0 saturated heterocycles. The molecule has 19 heteroatoms. The van der Waals surface area contributed by atoms with Crippen LogP contribution in [0.3, 0.4) is 0 Å². The molecule has 15 nitrogen and oxygen atoms in total. The number of nitrogens with one attached hydrogen (secondary N) is 4. The van der Waals surface area contributed by atoms with E-state index in [2.05, 4.69) is 196 Å². The summed E-state index contributed by atoms with van der Waals surface area (Å²) in [6, 6.07) is 32.6. The van der Waals surface area contributed by atoms with E-state index in [1.807, 2.05) is 65.8 Å². The molecule has 0 fully saturated rings. The molecule has 0 spiro atoms. The summed E-state index contributed by atoms with van der Waals surface area (Å²) in [6.07, 6.45) is 3.63.